The summed E-state index contributed by atoms with van der Waals surface area (Å²) in [5.41, 5.74) is -0.430. The van der Waals surface area contributed by atoms with Crippen LogP contribution in [-0.2, 0) is 11.3 Å². The van der Waals surface area contributed by atoms with E-state index in [4.69, 9.17) is 5.11 Å². The van der Waals surface area contributed by atoms with Gasteiger partial charge in [0.2, 0.25) is 0 Å². The van der Waals surface area contributed by atoms with Crippen LogP contribution in [0.4, 0.5) is 0 Å². The Balaban J connectivity index is 3.06. The molecule has 0 fully saturated rings. The minimum absolute atomic E-state index is 0.418. The van der Waals surface area contributed by atoms with E-state index in [1.54, 1.807) is 0 Å². The van der Waals surface area contributed by atoms with Crippen molar-refractivity contribution in [1.82, 2.24) is 9.78 Å². The number of carboxylic acid groups (broad SMARTS) is 1. The van der Waals surface area contributed by atoms with Crippen LogP contribution in [0.2, 0.25) is 0 Å². The van der Waals surface area contributed by atoms with Crippen molar-refractivity contribution in [2.75, 3.05) is 0 Å². The Hall–Kier alpha value is -1.17. The summed E-state index contributed by atoms with van der Waals surface area (Å²) in [7, 11) is 0. The molecule has 0 saturated heterocycles. The quantitative estimate of drug-likeness (QED) is 0.785. The summed E-state index contributed by atoms with van der Waals surface area (Å²) in [5.74, 6) is -1.09. The van der Waals surface area contributed by atoms with Crippen LogP contribution in [0.15, 0.2) is 21.5 Å². The second-order valence-electron chi connectivity index (χ2n) is 2.05. The van der Waals surface area contributed by atoms with Gasteiger partial charge in [0.1, 0.15) is 11.1 Å². The zero-order chi connectivity index (χ0) is 9.14. The number of hydrogen-bond acceptors (Lipinski definition) is 3. The zero-order valence-electron chi connectivity index (χ0n) is 5.90. The predicted octanol–water partition coefficient (Wildman–Crippen LogP) is 0.0904. The fraction of sp³-hybridized carbons (Fsp3) is 0.167. The number of carbonyl (C=O) groups is 1. The van der Waals surface area contributed by atoms with Crippen LogP contribution in [-0.4, -0.2) is 20.9 Å². The van der Waals surface area contributed by atoms with Crippen LogP contribution < -0.4 is 5.56 Å². The van der Waals surface area contributed by atoms with Gasteiger partial charge in [0.05, 0.1) is 0 Å². The van der Waals surface area contributed by atoms with Crippen molar-refractivity contribution < 1.29 is 9.90 Å². The predicted molar refractivity (Wildman–Crippen MR) is 43.8 cm³/mol. The summed E-state index contributed by atoms with van der Waals surface area (Å²) in [4.78, 5) is 21.1. The lowest BCUT2D eigenvalue weighted by Crippen LogP contribution is -2.25. The SMILES string of the molecule is O=C(O)Cn1nc(Br)ccc1=O. The number of aromatic nitrogens is 2. The molecule has 0 amide bonds. The molecule has 0 bridgehead atoms. The van der Waals surface area contributed by atoms with Crippen molar-refractivity contribution in [3.63, 3.8) is 0 Å². The third-order valence-electron chi connectivity index (χ3n) is 1.12. The Morgan fingerprint density at radius 1 is 1.67 bits per heavy atom. The van der Waals surface area contributed by atoms with E-state index in [2.05, 4.69) is 21.0 Å². The van der Waals surface area contributed by atoms with Crippen molar-refractivity contribution >= 4 is 21.9 Å². The molecule has 1 aromatic heterocycles. The standard InChI is InChI=1S/C6H5BrN2O3/c7-4-1-2-5(10)9(8-4)3-6(11)12/h1-2H,3H2,(H,11,12). The Morgan fingerprint density at radius 3 is 2.92 bits per heavy atom. The maximum atomic E-state index is 10.9. The van der Waals surface area contributed by atoms with E-state index >= 15 is 0 Å². The molecular weight excluding hydrogens is 228 g/mol. The lowest BCUT2D eigenvalue weighted by atomic mass is 10.5. The molecule has 0 unspecified atom stereocenters. The third kappa shape index (κ3) is 2.16. The normalized spacial score (nSPS) is 9.75. The number of hydrogen-bond donors (Lipinski definition) is 1. The summed E-state index contributed by atoms with van der Waals surface area (Å²) < 4.78 is 1.30. The molecule has 0 aliphatic heterocycles. The van der Waals surface area contributed by atoms with E-state index in [-0.39, 0.29) is 0 Å². The zero-order valence-corrected chi connectivity index (χ0v) is 7.48. The fourth-order valence-corrected chi connectivity index (χ4v) is 0.989. The van der Waals surface area contributed by atoms with Crippen molar-refractivity contribution in [1.29, 1.82) is 0 Å². The molecule has 1 aromatic rings. The monoisotopic (exact) mass is 232 g/mol. The molecule has 0 atom stereocenters. The molecule has 0 saturated carbocycles. The molecule has 1 N–H and O–H groups in total. The second-order valence-corrected chi connectivity index (χ2v) is 2.86. The van der Waals surface area contributed by atoms with Gasteiger partial charge < -0.3 is 5.11 Å². The van der Waals surface area contributed by atoms with Crippen LogP contribution >= 0.6 is 15.9 Å². The van der Waals surface area contributed by atoms with Crippen LogP contribution in [0.25, 0.3) is 0 Å². The highest BCUT2D eigenvalue weighted by Crippen LogP contribution is 1.99. The summed E-state index contributed by atoms with van der Waals surface area (Å²) >= 11 is 3.02. The topological polar surface area (TPSA) is 72.2 Å². The first kappa shape index (κ1) is 8.92. The fourth-order valence-electron chi connectivity index (χ4n) is 0.665. The Morgan fingerprint density at radius 2 is 2.33 bits per heavy atom. The van der Waals surface area contributed by atoms with E-state index in [1.165, 1.54) is 12.1 Å². The third-order valence-corrected chi connectivity index (χ3v) is 1.54. The molecule has 0 radical (unpaired) electrons. The Labute approximate surface area is 75.8 Å². The van der Waals surface area contributed by atoms with Crippen molar-refractivity contribution in [2.24, 2.45) is 0 Å². The van der Waals surface area contributed by atoms with Crippen molar-refractivity contribution in [3.05, 3.63) is 27.1 Å². The van der Waals surface area contributed by atoms with Crippen LogP contribution in [0.1, 0.15) is 0 Å². The average molecular weight is 233 g/mol. The molecule has 64 valence electrons. The molecule has 1 heterocycles. The highest BCUT2D eigenvalue weighted by Gasteiger charge is 2.02. The first-order valence-corrected chi connectivity index (χ1v) is 3.84. The first-order valence-electron chi connectivity index (χ1n) is 3.05. The van der Waals surface area contributed by atoms with Crippen molar-refractivity contribution in [2.45, 2.75) is 6.54 Å². The number of halogens is 1. The van der Waals surface area contributed by atoms with Crippen LogP contribution in [0.5, 0.6) is 0 Å². The molecule has 1 rings (SSSR count). The van der Waals surface area contributed by atoms with Gasteiger partial charge >= 0.3 is 5.97 Å². The lowest BCUT2D eigenvalue weighted by Gasteiger charge is -1.98. The van der Waals surface area contributed by atoms with E-state index in [9.17, 15) is 9.59 Å². The average Bonchev–Trinajstić information content (AvgIpc) is 1.96. The Kier molecular flexibility index (Phi) is 2.59. The summed E-state index contributed by atoms with van der Waals surface area (Å²) in [6.07, 6.45) is 0. The van der Waals surface area contributed by atoms with Crippen LogP contribution in [0, 0.1) is 0 Å². The van der Waals surface area contributed by atoms with E-state index < -0.39 is 18.1 Å². The summed E-state index contributed by atoms with van der Waals surface area (Å²) in [6, 6.07) is 2.71. The minimum atomic E-state index is -1.09. The van der Waals surface area contributed by atoms with E-state index in [0.717, 1.165) is 4.68 Å². The van der Waals surface area contributed by atoms with Gasteiger partial charge in [0.15, 0.2) is 0 Å². The maximum Gasteiger partial charge on any atom is 0.325 e. The molecule has 0 aliphatic carbocycles. The minimum Gasteiger partial charge on any atom is -0.480 e. The summed E-state index contributed by atoms with van der Waals surface area (Å²) in [5, 5.41) is 12.0. The number of aliphatic carboxylic acids is 1. The molecule has 12 heavy (non-hydrogen) atoms. The highest BCUT2D eigenvalue weighted by molar-refractivity contribution is 9.10. The molecule has 5 nitrogen and oxygen atoms in total. The van der Waals surface area contributed by atoms with Gasteiger partial charge in [-0.1, -0.05) is 0 Å². The molecule has 0 aliphatic rings. The second kappa shape index (κ2) is 3.48. The smallest absolute Gasteiger partial charge is 0.325 e. The van der Waals surface area contributed by atoms with Gasteiger partial charge in [-0.25, -0.2) is 4.68 Å². The molecule has 0 aromatic carbocycles. The van der Waals surface area contributed by atoms with Crippen molar-refractivity contribution in [3.8, 4) is 0 Å². The van der Waals surface area contributed by atoms with Gasteiger partial charge in [-0.15, -0.1) is 0 Å². The number of nitrogens with zero attached hydrogens (tertiary/aromatic N) is 2. The number of rotatable bonds is 2. The summed E-state index contributed by atoms with van der Waals surface area (Å²) in [6.45, 7) is -0.418. The highest BCUT2D eigenvalue weighted by atomic mass is 79.9. The molecule has 6 heteroatoms. The van der Waals surface area contributed by atoms with Gasteiger partial charge in [-0.05, 0) is 22.0 Å². The maximum absolute atomic E-state index is 10.9. The molecule has 0 spiro atoms. The van der Waals surface area contributed by atoms with Gasteiger partial charge in [-0.3, -0.25) is 9.59 Å². The lowest BCUT2D eigenvalue weighted by molar-refractivity contribution is -0.138. The van der Waals surface area contributed by atoms with Crippen LogP contribution in [0.3, 0.4) is 0 Å². The van der Waals surface area contributed by atoms with Gasteiger partial charge in [0, 0.05) is 6.07 Å². The van der Waals surface area contributed by atoms with Gasteiger partial charge in [-0.2, -0.15) is 5.10 Å². The van der Waals surface area contributed by atoms with Gasteiger partial charge in [0.25, 0.3) is 5.56 Å². The Bertz CT molecular complexity index is 360. The largest absolute Gasteiger partial charge is 0.480 e. The number of carboxylic acids is 1. The first-order chi connectivity index (χ1) is 5.59. The molecular formula is C6H5BrN2O3. The van der Waals surface area contributed by atoms with E-state index in [1.807, 2.05) is 0 Å². The van der Waals surface area contributed by atoms with E-state index in [0.29, 0.717) is 4.60 Å².